The van der Waals surface area contributed by atoms with Crippen molar-refractivity contribution in [3.05, 3.63) is 35.9 Å². The first kappa shape index (κ1) is 16.7. The van der Waals surface area contributed by atoms with Gasteiger partial charge in [-0.1, -0.05) is 12.6 Å². The van der Waals surface area contributed by atoms with Crippen molar-refractivity contribution < 1.29 is 47.3 Å². The maximum Gasteiger partial charge on any atom is 1.00 e. The Bertz CT molecular complexity index is 508. The van der Waals surface area contributed by atoms with Gasteiger partial charge >= 0.3 is 29.6 Å². The molecule has 0 unspecified atom stereocenters. The van der Waals surface area contributed by atoms with Crippen LogP contribution in [0.1, 0.15) is 12.5 Å². The molecule has 0 spiro atoms. The number of hydrogen-bond acceptors (Lipinski definition) is 4. The molecule has 1 aromatic carbocycles. The summed E-state index contributed by atoms with van der Waals surface area (Å²) in [7, 11) is -4.45. The summed E-state index contributed by atoms with van der Waals surface area (Å²) in [6.07, 6.45) is 0. The maximum atomic E-state index is 10.9. The fourth-order valence-electron chi connectivity index (χ4n) is 1.15. The summed E-state index contributed by atoms with van der Waals surface area (Å²) in [6, 6.07) is 4.39. The minimum atomic E-state index is -4.45. The van der Waals surface area contributed by atoms with Gasteiger partial charge < -0.3 is 9.29 Å². The Morgan fingerprint density at radius 2 is 2.06 bits per heavy atom. The van der Waals surface area contributed by atoms with Gasteiger partial charge in [0.1, 0.15) is 22.5 Å². The zero-order valence-electron chi connectivity index (χ0n) is 10.2. The normalized spacial score (nSPS) is 10.5. The molecule has 0 fully saturated rings. The molecule has 1 rings (SSSR count). The molecule has 0 aliphatic heterocycles. The molecule has 0 aliphatic rings. The molecule has 0 heterocycles. The van der Waals surface area contributed by atoms with Crippen LogP contribution in [0.2, 0.25) is 0 Å². The summed E-state index contributed by atoms with van der Waals surface area (Å²) < 4.78 is 38.0. The standard InChI is InChI=1S/C11H14O4S.Na/c1-8(2)7-15-10-5-4-9(3)11(6-10)16(12,13)14;/h4-6H,1,7H2,2-3H3,(H,12,13,14);/q;+1/p-1. The van der Waals surface area contributed by atoms with Gasteiger partial charge in [-0.25, -0.2) is 8.42 Å². The summed E-state index contributed by atoms with van der Waals surface area (Å²) in [4.78, 5) is -0.244. The Balaban J connectivity index is 0.00000256. The molecule has 0 N–H and O–H groups in total. The van der Waals surface area contributed by atoms with Crippen LogP contribution < -0.4 is 34.3 Å². The fraction of sp³-hybridized carbons (Fsp3) is 0.273. The second kappa shape index (κ2) is 6.56. The van der Waals surface area contributed by atoms with Crippen molar-refractivity contribution >= 4 is 10.1 Å². The van der Waals surface area contributed by atoms with Gasteiger partial charge in [-0.15, -0.1) is 0 Å². The van der Waals surface area contributed by atoms with Crippen molar-refractivity contribution in [3.63, 3.8) is 0 Å². The van der Waals surface area contributed by atoms with Gasteiger partial charge in [-0.05, 0) is 37.1 Å². The molecule has 1 aromatic rings. The van der Waals surface area contributed by atoms with E-state index < -0.39 is 10.1 Å². The summed E-state index contributed by atoms with van der Waals surface area (Å²) in [5.74, 6) is 0.350. The zero-order valence-corrected chi connectivity index (χ0v) is 13.0. The molecule has 0 aromatic heterocycles. The van der Waals surface area contributed by atoms with Crippen molar-refractivity contribution in [2.24, 2.45) is 0 Å². The monoisotopic (exact) mass is 264 g/mol. The Labute approximate surface area is 124 Å². The second-order valence-electron chi connectivity index (χ2n) is 3.63. The van der Waals surface area contributed by atoms with E-state index in [9.17, 15) is 13.0 Å². The van der Waals surface area contributed by atoms with E-state index in [4.69, 9.17) is 4.74 Å². The van der Waals surface area contributed by atoms with Crippen LogP contribution in [0.25, 0.3) is 0 Å². The Hall–Kier alpha value is -0.330. The quantitative estimate of drug-likeness (QED) is 0.391. The molecule has 0 saturated heterocycles. The Kier molecular flexibility index (Phi) is 6.43. The van der Waals surface area contributed by atoms with Gasteiger partial charge in [0.2, 0.25) is 0 Å². The van der Waals surface area contributed by atoms with Crippen LogP contribution in [-0.4, -0.2) is 19.6 Å². The van der Waals surface area contributed by atoms with Crippen LogP contribution in [-0.2, 0) is 10.1 Å². The number of rotatable bonds is 4. The van der Waals surface area contributed by atoms with Crippen LogP contribution >= 0.6 is 0 Å². The summed E-state index contributed by atoms with van der Waals surface area (Å²) in [5.41, 5.74) is 1.23. The number of aryl methyl sites for hydroxylation is 1. The van der Waals surface area contributed by atoms with Crippen molar-refractivity contribution in [1.82, 2.24) is 0 Å². The Morgan fingerprint density at radius 3 is 2.53 bits per heavy atom. The molecule has 0 atom stereocenters. The molecule has 0 amide bonds. The first-order valence-corrected chi connectivity index (χ1v) is 6.05. The molecule has 17 heavy (non-hydrogen) atoms. The van der Waals surface area contributed by atoms with Gasteiger partial charge in [0, 0.05) is 0 Å². The maximum absolute atomic E-state index is 10.9. The minimum Gasteiger partial charge on any atom is -0.744 e. The molecule has 4 nitrogen and oxygen atoms in total. The predicted octanol–water partition coefficient (Wildman–Crippen LogP) is -1.14. The average Bonchev–Trinajstić information content (AvgIpc) is 2.14. The van der Waals surface area contributed by atoms with Crippen LogP contribution in [0.15, 0.2) is 35.2 Å². The predicted molar refractivity (Wildman–Crippen MR) is 59.5 cm³/mol. The van der Waals surface area contributed by atoms with Gasteiger partial charge in [0.15, 0.2) is 0 Å². The van der Waals surface area contributed by atoms with Gasteiger partial charge in [0.05, 0.1) is 4.90 Å². The van der Waals surface area contributed by atoms with Crippen molar-refractivity contribution in [2.75, 3.05) is 6.61 Å². The molecular weight excluding hydrogens is 251 g/mol. The van der Waals surface area contributed by atoms with E-state index in [1.54, 1.807) is 26.0 Å². The first-order chi connectivity index (χ1) is 7.30. The summed E-state index contributed by atoms with van der Waals surface area (Å²) in [5, 5.41) is 0. The van der Waals surface area contributed by atoms with Crippen LogP contribution in [0, 0.1) is 6.92 Å². The van der Waals surface area contributed by atoms with E-state index in [0.29, 0.717) is 17.9 Å². The molecule has 0 saturated carbocycles. The van der Waals surface area contributed by atoms with E-state index in [2.05, 4.69) is 6.58 Å². The van der Waals surface area contributed by atoms with Crippen LogP contribution in [0.4, 0.5) is 0 Å². The topological polar surface area (TPSA) is 66.4 Å². The Morgan fingerprint density at radius 1 is 1.47 bits per heavy atom. The van der Waals surface area contributed by atoms with Crippen molar-refractivity contribution in [3.8, 4) is 5.75 Å². The molecule has 88 valence electrons. The van der Waals surface area contributed by atoms with Crippen molar-refractivity contribution in [1.29, 1.82) is 0 Å². The average molecular weight is 264 g/mol. The summed E-state index contributed by atoms with van der Waals surface area (Å²) >= 11 is 0. The van der Waals surface area contributed by atoms with Gasteiger partial charge in [-0.3, -0.25) is 0 Å². The van der Waals surface area contributed by atoms with E-state index >= 15 is 0 Å². The largest absolute Gasteiger partial charge is 1.00 e. The zero-order chi connectivity index (χ0) is 12.3. The van der Waals surface area contributed by atoms with Crippen LogP contribution in [0.5, 0.6) is 5.75 Å². The van der Waals surface area contributed by atoms with E-state index in [0.717, 1.165) is 5.57 Å². The van der Waals surface area contributed by atoms with Crippen LogP contribution in [0.3, 0.4) is 0 Å². The molecule has 0 bridgehead atoms. The molecule has 0 radical (unpaired) electrons. The number of hydrogen-bond donors (Lipinski definition) is 0. The third-order valence-electron chi connectivity index (χ3n) is 1.91. The van der Waals surface area contributed by atoms with Gasteiger partial charge in [0.25, 0.3) is 0 Å². The molecule has 6 heteroatoms. The van der Waals surface area contributed by atoms with E-state index in [-0.39, 0.29) is 34.5 Å². The number of benzene rings is 1. The minimum absolute atomic E-state index is 0. The van der Waals surface area contributed by atoms with Crippen molar-refractivity contribution in [2.45, 2.75) is 18.7 Å². The fourth-order valence-corrected chi connectivity index (χ4v) is 1.87. The first-order valence-electron chi connectivity index (χ1n) is 4.64. The summed E-state index contributed by atoms with van der Waals surface area (Å²) in [6.45, 7) is 7.30. The second-order valence-corrected chi connectivity index (χ2v) is 4.98. The third kappa shape index (κ3) is 5.23. The molecular formula is C11H13NaO4S. The molecule has 0 aliphatic carbocycles. The SMILES string of the molecule is C=C(C)COc1ccc(C)c(S(=O)(=O)[O-])c1.[Na+]. The van der Waals surface area contributed by atoms with E-state index in [1.165, 1.54) is 6.07 Å². The van der Waals surface area contributed by atoms with E-state index in [1.807, 2.05) is 0 Å². The van der Waals surface area contributed by atoms with Gasteiger partial charge in [-0.2, -0.15) is 0 Å². The number of ether oxygens (including phenoxy) is 1. The smallest absolute Gasteiger partial charge is 0.744 e. The third-order valence-corrected chi connectivity index (χ3v) is 2.89.